The third-order valence-corrected chi connectivity index (χ3v) is 3.66. The molecule has 1 unspecified atom stereocenters. The number of rotatable bonds is 6. The van der Waals surface area contributed by atoms with Gasteiger partial charge in [-0.3, -0.25) is 9.59 Å². The number of nitrogens with one attached hydrogen (secondary N) is 1. The third kappa shape index (κ3) is 4.88. The smallest absolute Gasteiger partial charge is 0.309 e. The number of carbonyl (C=O) groups excluding carboxylic acids is 1. The molecule has 2 N–H and O–H groups in total. The molecule has 0 aliphatic heterocycles. The standard InChI is InChI=1S/C17H25NO3/c1-11(2)13-6-8-14(9-7-13)12(3)18-15(19)10-17(4,5)16(20)21/h6-9,11-12H,10H2,1-5H3,(H,18,19)(H,20,21). The molecule has 0 radical (unpaired) electrons. The molecule has 0 aliphatic carbocycles. The van der Waals surface area contributed by atoms with Crippen molar-refractivity contribution in [1.29, 1.82) is 0 Å². The van der Waals surface area contributed by atoms with Gasteiger partial charge in [-0.1, -0.05) is 38.1 Å². The number of benzene rings is 1. The van der Waals surface area contributed by atoms with E-state index in [0.29, 0.717) is 5.92 Å². The Morgan fingerprint density at radius 2 is 1.57 bits per heavy atom. The molecule has 1 aromatic rings. The highest BCUT2D eigenvalue weighted by atomic mass is 16.4. The maximum absolute atomic E-state index is 11.9. The number of amides is 1. The fourth-order valence-electron chi connectivity index (χ4n) is 2.02. The first kappa shape index (κ1) is 17.2. The Hall–Kier alpha value is -1.84. The molecule has 21 heavy (non-hydrogen) atoms. The first-order chi connectivity index (χ1) is 9.63. The lowest BCUT2D eigenvalue weighted by molar-refractivity contribution is -0.149. The summed E-state index contributed by atoms with van der Waals surface area (Å²) in [6.07, 6.45) is -0.0310. The summed E-state index contributed by atoms with van der Waals surface area (Å²) >= 11 is 0. The Morgan fingerprint density at radius 1 is 1.10 bits per heavy atom. The average Bonchev–Trinajstić information content (AvgIpc) is 2.37. The normalized spacial score (nSPS) is 13.0. The van der Waals surface area contributed by atoms with Crippen LogP contribution in [-0.2, 0) is 9.59 Å². The number of carboxylic acid groups (broad SMARTS) is 1. The molecule has 0 bridgehead atoms. The van der Waals surface area contributed by atoms with Gasteiger partial charge in [0.1, 0.15) is 0 Å². The molecule has 4 nitrogen and oxygen atoms in total. The van der Waals surface area contributed by atoms with E-state index in [1.54, 1.807) is 13.8 Å². The summed E-state index contributed by atoms with van der Waals surface area (Å²) in [5, 5.41) is 11.9. The molecular weight excluding hydrogens is 266 g/mol. The Kier molecular flexibility index (Phi) is 5.53. The minimum Gasteiger partial charge on any atom is -0.481 e. The highest BCUT2D eigenvalue weighted by molar-refractivity contribution is 5.84. The second-order valence-corrected chi connectivity index (χ2v) is 6.48. The molecule has 0 spiro atoms. The van der Waals surface area contributed by atoms with Crippen molar-refractivity contribution >= 4 is 11.9 Å². The molecule has 0 saturated heterocycles. The van der Waals surface area contributed by atoms with Gasteiger partial charge in [-0.25, -0.2) is 0 Å². The zero-order valence-corrected chi connectivity index (χ0v) is 13.4. The van der Waals surface area contributed by atoms with Crippen LogP contribution in [0.4, 0.5) is 0 Å². The van der Waals surface area contributed by atoms with Crippen LogP contribution in [0.3, 0.4) is 0 Å². The van der Waals surface area contributed by atoms with Crippen LogP contribution in [0.5, 0.6) is 0 Å². The van der Waals surface area contributed by atoms with Crippen molar-refractivity contribution in [2.45, 2.75) is 53.0 Å². The van der Waals surface area contributed by atoms with E-state index in [4.69, 9.17) is 5.11 Å². The molecule has 0 aliphatic rings. The lowest BCUT2D eigenvalue weighted by Gasteiger charge is -2.21. The fraction of sp³-hybridized carbons (Fsp3) is 0.529. The molecule has 1 rings (SSSR count). The highest BCUT2D eigenvalue weighted by Gasteiger charge is 2.30. The van der Waals surface area contributed by atoms with Crippen molar-refractivity contribution in [3.8, 4) is 0 Å². The van der Waals surface area contributed by atoms with Gasteiger partial charge < -0.3 is 10.4 Å². The Bertz CT molecular complexity index is 503. The maximum atomic E-state index is 11.9. The zero-order valence-electron chi connectivity index (χ0n) is 13.4. The van der Waals surface area contributed by atoms with E-state index in [2.05, 4.69) is 31.3 Å². The second-order valence-electron chi connectivity index (χ2n) is 6.48. The first-order valence-corrected chi connectivity index (χ1v) is 7.26. The Balaban J connectivity index is 2.66. The monoisotopic (exact) mass is 291 g/mol. The predicted octanol–water partition coefficient (Wildman–Crippen LogP) is 3.49. The molecule has 0 aromatic heterocycles. The van der Waals surface area contributed by atoms with Crippen LogP contribution in [0.25, 0.3) is 0 Å². The van der Waals surface area contributed by atoms with Gasteiger partial charge in [0.05, 0.1) is 11.5 Å². The predicted molar refractivity (Wildman–Crippen MR) is 83.1 cm³/mol. The van der Waals surface area contributed by atoms with E-state index in [-0.39, 0.29) is 18.4 Å². The van der Waals surface area contributed by atoms with E-state index >= 15 is 0 Å². The van der Waals surface area contributed by atoms with Crippen LogP contribution in [-0.4, -0.2) is 17.0 Å². The van der Waals surface area contributed by atoms with Crippen LogP contribution in [0.2, 0.25) is 0 Å². The van der Waals surface area contributed by atoms with Crippen LogP contribution in [0.15, 0.2) is 24.3 Å². The summed E-state index contributed by atoms with van der Waals surface area (Å²) in [6, 6.07) is 7.99. The number of hydrogen-bond donors (Lipinski definition) is 2. The van der Waals surface area contributed by atoms with Gasteiger partial charge in [-0.2, -0.15) is 0 Å². The Morgan fingerprint density at radius 3 is 2.00 bits per heavy atom. The Labute approximate surface area is 126 Å². The van der Waals surface area contributed by atoms with Crippen molar-refractivity contribution in [1.82, 2.24) is 5.32 Å². The van der Waals surface area contributed by atoms with E-state index in [1.807, 2.05) is 19.1 Å². The minimum atomic E-state index is -1.05. The van der Waals surface area contributed by atoms with Crippen molar-refractivity contribution in [2.24, 2.45) is 5.41 Å². The number of carboxylic acids is 1. The van der Waals surface area contributed by atoms with Crippen molar-refractivity contribution < 1.29 is 14.7 Å². The van der Waals surface area contributed by atoms with Crippen LogP contribution >= 0.6 is 0 Å². The fourth-order valence-corrected chi connectivity index (χ4v) is 2.02. The lowest BCUT2D eigenvalue weighted by Crippen LogP contribution is -2.34. The van der Waals surface area contributed by atoms with Crippen molar-refractivity contribution in [3.63, 3.8) is 0 Å². The van der Waals surface area contributed by atoms with E-state index in [0.717, 1.165) is 5.56 Å². The van der Waals surface area contributed by atoms with Gasteiger partial charge in [-0.15, -0.1) is 0 Å². The van der Waals surface area contributed by atoms with E-state index in [9.17, 15) is 9.59 Å². The minimum absolute atomic E-state index is 0.0310. The van der Waals surface area contributed by atoms with Crippen molar-refractivity contribution in [2.75, 3.05) is 0 Å². The molecule has 1 amide bonds. The largest absolute Gasteiger partial charge is 0.481 e. The summed E-state index contributed by atoms with van der Waals surface area (Å²) in [5.41, 5.74) is 1.22. The summed E-state index contributed by atoms with van der Waals surface area (Å²) in [7, 11) is 0. The average molecular weight is 291 g/mol. The van der Waals surface area contributed by atoms with Crippen LogP contribution < -0.4 is 5.32 Å². The first-order valence-electron chi connectivity index (χ1n) is 7.26. The molecule has 0 saturated carbocycles. The van der Waals surface area contributed by atoms with Gasteiger partial charge in [0.25, 0.3) is 0 Å². The van der Waals surface area contributed by atoms with Gasteiger partial charge in [0.15, 0.2) is 0 Å². The number of carbonyl (C=O) groups is 2. The van der Waals surface area contributed by atoms with Crippen LogP contribution in [0.1, 0.15) is 64.1 Å². The zero-order chi connectivity index (χ0) is 16.2. The van der Waals surface area contributed by atoms with Gasteiger partial charge in [-0.05, 0) is 37.8 Å². The topological polar surface area (TPSA) is 66.4 Å². The molecule has 116 valence electrons. The molecule has 1 atom stereocenters. The summed E-state index contributed by atoms with van der Waals surface area (Å²) in [6.45, 7) is 9.27. The van der Waals surface area contributed by atoms with Crippen LogP contribution in [0, 0.1) is 5.41 Å². The third-order valence-electron chi connectivity index (χ3n) is 3.66. The summed E-state index contributed by atoms with van der Waals surface area (Å²) in [4.78, 5) is 23.0. The van der Waals surface area contributed by atoms with Crippen molar-refractivity contribution in [3.05, 3.63) is 35.4 Å². The quantitative estimate of drug-likeness (QED) is 0.843. The van der Waals surface area contributed by atoms with Gasteiger partial charge in [0, 0.05) is 6.42 Å². The maximum Gasteiger partial charge on any atom is 0.309 e. The SMILES string of the molecule is CC(C)c1ccc(C(C)NC(=O)CC(C)(C)C(=O)O)cc1. The lowest BCUT2D eigenvalue weighted by atomic mass is 9.89. The van der Waals surface area contributed by atoms with Gasteiger partial charge in [0.2, 0.25) is 5.91 Å². The molecule has 0 fully saturated rings. The molecule has 0 heterocycles. The number of aliphatic carboxylic acids is 1. The van der Waals surface area contributed by atoms with E-state index in [1.165, 1.54) is 5.56 Å². The summed E-state index contributed by atoms with van der Waals surface area (Å²) in [5.74, 6) is -0.741. The molecule has 1 aromatic carbocycles. The van der Waals surface area contributed by atoms with Gasteiger partial charge >= 0.3 is 5.97 Å². The van der Waals surface area contributed by atoms with E-state index < -0.39 is 11.4 Å². The highest BCUT2D eigenvalue weighted by Crippen LogP contribution is 2.22. The summed E-state index contributed by atoms with van der Waals surface area (Å²) < 4.78 is 0. The molecular formula is C17H25NO3. The second kappa shape index (κ2) is 6.74. The number of hydrogen-bond acceptors (Lipinski definition) is 2. The molecule has 4 heteroatoms.